The molecule has 6 heteroatoms. The van der Waals surface area contributed by atoms with Crippen LogP contribution in [-0.2, 0) is 16.0 Å². The summed E-state index contributed by atoms with van der Waals surface area (Å²) in [5.41, 5.74) is 0.191. The molecule has 0 radical (unpaired) electrons. The van der Waals surface area contributed by atoms with E-state index < -0.39 is 5.97 Å². The van der Waals surface area contributed by atoms with Gasteiger partial charge in [-0.05, 0) is 13.0 Å². The van der Waals surface area contributed by atoms with Gasteiger partial charge in [0.2, 0.25) is 5.89 Å². The maximum absolute atomic E-state index is 11.1. The molecule has 1 aromatic heterocycles. The van der Waals surface area contributed by atoms with Crippen LogP contribution in [0.4, 0.5) is 0 Å². The molecule has 0 unspecified atom stereocenters. The van der Waals surface area contributed by atoms with Gasteiger partial charge in [-0.1, -0.05) is 0 Å². The van der Waals surface area contributed by atoms with Crippen LogP contribution in [0.5, 0.6) is 0 Å². The Bertz CT molecular complexity index is 324. The van der Waals surface area contributed by atoms with Crippen molar-refractivity contribution in [1.29, 1.82) is 0 Å². The number of oxazole rings is 1. The quantitative estimate of drug-likeness (QED) is 0.544. The zero-order valence-electron chi connectivity index (χ0n) is 9.49. The van der Waals surface area contributed by atoms with Crippen molar-refractivity contribution in [2.75, 3.05) is 27.4 Å². The van der Waals surface area contributed by atoms with Gasteiger partial charge in [-0.3, -0.25) is 0 Å². The van der Waals surface area contributed by atoms with Gasteiger partial charge in [0.15, 0.2) is 5.69 Å². The zero-order chi connectivity index (χ0) is 11.8. The molecular weight excluding hydrogens is 212 g/mol. The fourth-order valence-electron chi connectivity index (χ4n) is 1.13. The van der Waals surface area contributed by atoms with E-state index in [4.69, 9.17) is 9.15 Å². The van der Waals surface area contributed by atoms with E-state index in [1.807, 2.05) is 0 Å². The third-order valence-electron chi connectivity index (χ3n) is 1.92. The van der Waals surface area contributed by atoms with Crippen molar-refractivity contribution in [3.8, 4) is 0 Å². The third kappa shape index (κ3) is 4.00. The molecule has 0 aliphatic heterocycles. The minimum atomic E-state index is -0.491. The first-order valence-corrected chi connectivity index (χ1v) is 5.00. The second kappa shape index (κ2) is 6.97. The molecule has 16 heavy (non-hydrogen) atoms. The molecule has 0 saturated carbocycles. The van der Waals surface area contributed by atoms with Crippen LogP contribution in [-0.4, -0.2) is 38.3 Å². The summed E-state index contributed by atoms with van der Waals surface area (Å²) in [6.07, 6.45) is 2.21. The number of ether oxygens (including phenoxy) is 2. The summed E-state index contributed by atoms with van der Waals surface area (Å²) in [7, 11) is 2.97. The van der Waals surface area contributed by atoms with Gasteiger partial charge >= 0.3 is 5.97 Å². The second-order valence-corrected chi connectivity index (χ2v) is 3.14. The highest BCUT2D eigenvalue weighted by Gasteiger charge is 2.11. The molecule has 0 saturated heterocycles. The first-order valence-electron chi connectivity index (χ1n) is 5.00. The van der Waals surface area contributed by atoms with E-state index in [-0.39, 0.29) is 5.69 Å². The van der Waals surface area contributed by atoms with E-state index in [1.54, 1.807) is 7.11 Å². The standard InChI is InChI=1S/C10H16N2O4/c1-14-5-3-4-11-6-9-12-8(7-16-9)10(13)15-2/h7,11H,3-6H2,1-2H3. The highest BCUT2D eigenvalue weighted by molar-refractivity contribution is 5.86. The predicted octanol–water partition coefficient (Wildman–Crippen LogP) is 0.587. The molecule has 1 rings (SSSR count). The molecule has 6 nitrogen and oxygen atoms in total. The normalized spacial score (nSPS) is 10.4. The van der Waals surface area contributed by atoms with Crippen molar-refractivity contribution < 1.29 is 18.7 Å². The zero-order valence-corrected chi connectivity index (χ0v) is 9.49. The monoisotopic (exact) mass is 228 g/mol. The summed E-state index contributed by atoms with van der Waals surface area (Å²) >= 11 is 0. The Kier molecular flexibility index (Phi) is 5.52. The van der Waals surface area contributed by atoms with Gasteiger partial charge in [0.25, 0.3) is 0 Å². The topological polar surface area (TPSA) is 73.6 Å². The van der Waals surface area contributed by atoms with E-state index in [0.29, 0.717) is 19.0 Å². The van der Waals surface area contributed by atoms with Gasteiger partial charge in [-0.15, -0.1) is 0 Å². The molecular formula is C10H16N2O4. The van der Waals surface area contributed by atoms with Crippen LogP contribution in [0, 0.1) is 0 Å². The van der Waals surface area contributed by atoms with Gasteiger partial charge in [0.05, 0.1) is 13.7 Å². The van der Waals surface area contributed by atoms with Crippen LogP contribution in [0.15, 0.2) is 10.7 Å². The highest BCUT2D eigenvalue weighted by atomic mass is 16.5. The Labute approximate surface area is 93.9 Å². The summed E-state index contributed by atoms with van der Waals surface area (Å²) in [4.78, 5) is 15.0. The number of rotatable bonds is 7. The highest BCUT2D eigenvalue weighted by Crippen LogP contribution is 2.02. The maximum Gasteiger partial charge on any atom is 0.360 e. The molecule has 1 N–H and O–H groups in total. The van der Waals surface area contributed by atoms with E-state index >= 15 is 0 Å². The number of hydrogen-bond donors (Lipinski definition) is 1. The molecule has 0 aromatic carbocycles. The van der Waals surface area contributed by atoms with Crippen molar-refractivity contribution in [2.24, 2.45) is 0 Å². The number of nitrogens with zero attached hydrogens (tertiary/aromatic N) is 1. The lowest BCUT2D eigenvalue weighted by Crippen LogP contribution is -2.16. The summed E-state index contributed by atoms with van der Waals surface area (Å²) in [5.74, 6) is -0.0211. The lowest BCUT2D eigenvalue weighted by atomic mass is 10.4. The van der Waals surface area contributed by atoms with E-state index in [0.717, 1.165) is 13.0 Å². The number of esters is 1. The van der Waals surface area contributed by atoms with Gasteiger partial charge in [0, 0.05) is 13.7 Å². The summed E-state index contributed by atoms with van der Waals surface area (Å²) < 4.78 is 14.5. The number of carbonyl (C=O) groups is 1. The Balaban J connectivity index is 2.27. The number of aromatic nitrogens is 1. The minimum absolute atomic E-state index is 0.191. The van der Waals surface area contributed by atoms with Crippen LogP contribution < -0.4 is 5.32 Å². The molecule has 0 spiro atoms. The Morgan fingerprint density at radius 1 is 1.56 bits per heavy atom. The smallest absolute Gasteiger partial charge is 0.360 e. The number of methoxy groups -OCH3 is 2. The Hall–Kier alpha value is -1.40. The number of nitrogens with one attached hydrogen (secondary N) is 1. The Morgan fingerprint density at radius 3 is 3.06 bits per heavy atom. The van der Waals surface area contributed by atoms with Gasteiger partial charge in [0.1, 0.15) is 6.26 Å². The van der Waals surface area contributed by atoms with E-state index in [2.05, 4.69) is 15.0 Å². The molecule has 0 fully saturated rings. The largest absolute Gasteiger partial charge is 0.464 e. The van der Waals surface area contributed by atoms with Crippen molar-refractivity contribution in [1.82, 2.24) is 10.3 Å². The van der Waals surface area contributed by atoms with E-state index in [9.17, 15) is 4.79 Å². The molecule has 0 aliphatic rings. The summed E-state index contributed by atoms with van der Waals surface area (Å²) in [6, 6.07) is 0. The lowest BCUT2D eigenvalue weighted by molar-refractivity contribution is 0.0594. The first kappa shape index (κ1) is 12.7. The van der Waals surface area contributed by atoms with Crippen LogP contribution in [0.25, 0.3) is 0 Å². The predicted molar refractivity (Wildman–Crippen MR) is 56.0 cm³/mol. The van der Waals surface area contributed by atoms with Crippen molar-refractivity contribution in [3.05, 3.63) is 17.8 Å². The number of carbonyl (C=O) groups excluding carboxylic acids is 1. The third-order valence-corrected chi connectivity index (χ3v) is 1.92. The maximum atomic E-state index is 11.1. The SMILES string of the molecule is COCCCNCc1nc(C(=O)OC)co1. The van der Waals surface area contributed by atoms with Crippen molar-refractivity contribution in [3.63, 3.8) is 0 Å². The average molecular weight is 228 g/mol. The van der Waals surface area contributed by atoms with Crippen molar-refractivity contribution in [2.45, 2.75) is 13.0 Å². The molecule has 0 bridgehead atoms. The molecule has 90 valence electrons. The summed E-state index contributed by atoms with van der Waals surface area (Å²) in [5, 5.41) is 3.12. The summed E-state index contributed by atoms with van der Waals surface area (Å²) in [6.45, 7) is 2.01. The first-order chi connectivity index (χ1) is 7.77. The van der Waals surface area contributed by atoms with Crippen molar-refractivity contribution >= 4 is 5.97 Å². The molecule has 0 aliphatic carbocycles. The van der Waals surface area contributed by atoms with E-state index in [1.165, 1.54) is 13.4 Å². The molecule has 1 aromatic rings. The lowest BCUT2D eigenvalue weighted by Gasteiger charge is -2.00. The molecule has 1 heterocycles. The van der Waals surface area contributed by atoms with Crippen LogP contribution in [0.1, 0.15) is 22.8 Å². The Morgan fingerprint density at radius 2 is 2.38 bits per heavy atom. The van der Waals surface area contributed by atoms with Gasteiger partial charge < -0.3 is 19.2 Å². The number of hydrogen-bond acceptors (Lipinski definition) is 6. The van der Waals surface area contributed by atoms with Gasteiger partial charge in [-0.25, -0.2) is 9.78 Å². The van der Waals surface area contributed by atoms with Crippen LogP contribution in [0.3, 0.4) is 0 Å². The second-order valence-electron chi connectivity index (χ2n) is 3.14. The fraction of sp³-hybridized carbons (Fsp3) is 0.600. The molecule has 0 atom stereocenters. The van der Waals surface area contributed by atoms with Crippen LogP contribution >= 0.6 is 0 Å². The average Bonchev–Trinajstić information content (AvgIpc) is 2.76. The fourth-order valence-corrected chi connectivity index (χ4v) is 1.13. The minimum Gasteiger partial charge on any atom is -0.464 e. The van der Waals surface area contributed by atoms with Gasteiger partial charge in [-0.2, -0.15) is 0 Å². The van der Waals surface area contributed by atoms with Crippen LogP contribution in [0.2, 0.25) is 0 Å². The molecule has 0 amide bonds.